The van der Waals surface area contributed by atoms with Gasteiger partial charge in [0.1, 0.15) is 4.32 Å². The molecule has 0 aromatic heterocycles. The van der Waals surface area contributed by atoms with E-state index in [9.17, 15) is 9.90 Å². The molecule has 0 aliphatic carbocycles. The van der Waals surface area contributed by atoms with Gasteiger partial charge in [0, 0.05) is 13.0 Å². The molecule has 0 saturated carbocycles. The van der Waals surface area contributed by atoms with Crippen LogP contribution in [0.15, 0.2) is 29.2 Å². The predicted octanol–water partition coefficient (Wildman–Crippen LogP) is 1.28. The quantitative estimate of drug-likeness (QED) is 0.594. The van der Waals surface area contributed by atoms with Gasteiger partial charge in [0.25, 0.3) is 5.91 Å². The first-order valence-electron chi connectivity index (χ1n) is 7.91. The summed E-state index contributed by atoms with van der Waals surface area (Å²) in [7, 11) is 0. The van der Waals surface area contributed by atoms with Crippen LogP contribution in [0, 0.1) is 0 Å². The highest BCUT2D eigenvalue weighted by atomic mass is 32.2. The molecule has 23 heavy (non-hydrogen) atoms. The van der Waals surface area contributed by atoms with Crippen LogP contribution in [0.25, 0.3) is 6.08 Å². The number of carbonyl (C=O) groups is 1. The molecular formula is C17H22N2O2S2. The van der Waals surface area contributed by atoms with E-state index in [1.54, 1.807) is 23.1 Å². The second-order valence-electron chi connectivity index (χ2n) is 5.46. The van der Waals surface area contributed by atoms with Gasteiger partial charge in [-0.05, 0) is 25.5 Å². The van der Waals surface area contributed by atoms with Crippen molar-refractivity contribution < 1.29 is 14.8 Å². The van der Waals surface area contributed by atoms with Crippen LogP contribution < -0.4 is 10.0 Å². The summed E-state index contributed by atoms with van der Waals surface area (Å²) in [4.78, 5) is 16.3. The largest absolute Gasteiger partial charge is 0.872 e. The van der Waals surface area contributed by atoms with Gasteiger partial charge in [0.2, 0.25) is 0 Å². The molecule has 1 heterocycles. The zero-order valence-corrected chi connectivity index (χ0v) is 15.1. The fraction of sp³-hybridized carbons (Fsp3) is 0.412. The number of nitrogens with zero attached hydrogens (tertiary/aromatic N) is 1. The Morgan fingerprint density at radius 2 is 1.91 bits per heavy atom. The zero-order valence-electron chi connectivity index (χ0n) is 13.5. The first kappa shape index (κ1) is 18.0. The molecule has 0 spiro atoms. The van der Waals surface area contributed by atoms with Crippen LogP contribution in [0.2, 0.25) is 0 Å². The van der Waals surface area contributed by atoms with Crippen molar-refractivity contribution in [1.82, 2.24) is 4.90 Å². The number of rotatable bonds is 7. The van der Waals surface area contributed by atoms with Crippen LogP contribution in [0.1, 0.15) is 25.8 Å². The van der Waals surface area contributed by atoms with Crippen LogP contribution >= 0.6 is 24.0 Å². The van der Waals surface area contributed by atoms with E-state index in [-0.39, 0.29) is 11.7 Å². The molecule has 124 valence electrons. The Kier molecular flexibility index (Phi) is 6.62. The predicted molar refractivity (Wildman–Crippen MR) is 97.3 cm³/mol. The number of thiocarbonyl (C=S) groups is 1. The molecular weight excluding hydrogens is 328 g/mol. The molecule has 1 saturated heterocycles. The number of hydrogen-bond acceptors (Lipinski definition) is 4. The number of amides is 1. The highest BCUT2D eigenvalue weighted by Crippen LogP contribution is 2.32. The Morgan fingerprint density at radius 3 is 2.52 bits per heavy atom. The van der Waals surface area contributed by atoms with E-state index >= 15 is 0 Å². The summed E-state index contributed by atoms with van der Waals surface area (Å²) in [5.74, 6) is -0.0608. The van der Waals surface area contributed by atoms with Crippen molar-refractivity contribution in [1.29, 1.82) is 0 Å². The minimum atomic E-state index is -0.0337. The Hall–Kier alpha value is -1.37. The van der Waals surface area contributed by atoms with Gasteiger partial charge in [-0.25, -0.2) is 0 Å². The van der Waals surface area contributed by atoms with Crippen LogP contribution in [-0.2, 0) is 4.79 Å². The lowest BCUT2D eigenvalue weighted by Gasteiger charge is -2.18. The minimum Gasteiger partial charge on any atom is -0.872 e. The van der Waals surface area contributed by atoms with Gasteiger partial charge in [-0.3, -0.25) is 9.69 Å². The Labute approximate surface area is 147 Å². The first-order valence-corrected chi connectivity index (χ1v) is 9.13. The summed E-state index contributed by atoms with van der Waals surface area (Å²) in [6.07, 6.45) is 2.75. The van der Waals surface area contributed by atoms with Crippen molar-refractivity contribution >= 4 is 40.3 Å². The van der Waals surface area contributed by atoms with Gasteiger partial charge < -0.3 is 10.0 Å². The number of benzene rings is 1. The lowest BCUT2D eigenvalue weighted by Crippen LogP contribution is -3.11. The van der Waals surface area contributed by atoms with E-state index in [0.717, 1.165) is 31.6 Å². The van der Waals surface area contributed by atoms with E-state index < -0.39 is 0 Å². The third-order valence-corrected chi connectivity index (χ3v) is 5.34. The third kappa shape index (κ3) is 4.80. The van der Waals surface area contributed by atoms with E-state index in [1.165, 1.54) is 28.8 Å². The molecule has 0 bridgehead atoms. The van der Waals surface area contributed by atoms with E-state index in [4.69, 9.17) is 12.2 Å². The molecule has 4 nitrogen and oxygen atoms in total. The fourth-order valence-corrected chi connectivity index (χ4v) is 3.81. The van der Waals surface area contributed by atoms with Crippen molar-refractivity contribution in [3.63, 3.8) is 0 Å². The molecule has 6 heteroatoms. The van der Waals surface area contributed by atoms with E-state index in [2.05, 4.69) is 13.8 Å². The van der Waals surface area contributed by atoms with Crippen molar-refractivity contribution in [3.8, 4) is 5.75 Å². The summed E-state index contributed by atoms with van der Waals surface area (Å²) >= 11 is 6.67. The van der Waals surface area contributed by atoms with Crippen LogP contribution in [0.3, 0.4) is 0 Å². The average molecular weight is 351 g/mol. The number of nitrogens with one attached hydrogen (secondary N) is 1. The smallest absolute Gasteiger partial charge is 0.266 e. The second-order valence-corrected chi connectivity index (χ2v) is 7.14. The number of carbonyl (C=O) groups excluding carboxylic acids is 1. The van der Waals surface area contributed by atoms with E-state index in [0.29, 0.717) is 15.8 Å². The minimum absolute atomic E-state index is 0.0271. The summed E-state index contributed by atoms with van der Waals surface area (Å²) in [6, 6.07) is 6.44. The third-order valence-electron chi connectivity index (χ3n) is 3.96. The molecule has 1 N–H and O–H groups in total. The normalized spacial score (nSPS) is 16.8. The maximum atomic E-state index is 12.5. The van der Waals surface area contributed by atoms with Gasteiger partial charge in [-0.1, -0.05) is 48.2 Å². The number of hydrogen-bond donors (Lipinski definition) is 1. The van der Waals surface area contributed by atoms with Gasteiger partial charge >= 0.3 is 0 Å². The number of quaternary nitrogens is 1. The summed E-state index contributed by atoms with van der Waals surface area (Å²) in [5, 5.41) is 11.1. The average Bonchev–Trinajstić information content (AvgIpc) is 2.81. The maximum Gasteiger partial charge on any atom is 0.266 e. The Balaban J connectivity index is 1.98. The fourth-order valence-electron chi connectivity index (χ4n) is 2.50. The lowest BCUT2D eigenvalue weighted by molar-refractivity contribution is -0.896. The molecule has 1 fully saturated rings. The summed E-state index contributed by atoms with van der Waals surface area (Å²) in [5.41, 5.74) is 0.845. The Bertz CT molecular complexity index is 595. The van der Waals surface area contributed by atoms with Crippen molar-refractivity contribution in [2.75, 3.05) is 26.2 Å². The molecule has 0 atom stereocenters. The first-order chi connectivity index (χ1) is 11.0. The highest BCUT2D eigenvalue weighted by molar-refractivity contribution is 8.26. The van der Waals surface area contributed by atoms with Gasteiger partial charge in [-0.2, -0.15) is 0 Å². The second kappa shape index (κ2) is 8.47. The highest BCUT2D eigenvalue weighted by Gasteiger charge is 2.31. The lowest BCUT2D eigenvalue weighted by atomic mass is 10.2. The molecule has 1 amide bonds. The summed E-state index contributed by atoms with van der Waals surface area (Å²) in [6.45, 7) is 8.27. The molecule has 1 aromatic rings. The van der Waals surface area contributed by atoms with Crippen LogP contribution in [-0.4, -0.2) is 41.3 Å². The molecule has 0 unspecified atom stereocenters. The molecule has 0 radical (unpaired) electrons. The zero-order chi connectivity index (χ0) is 16.8. The van der Waals surface area contributed by atoms with Crippen molar-refractivity contribution in [3.05, 3.63) is 34.7 Å². The topological polar surface area (TPSA) is 47.8 Å². The van der Waals surface area contributed by atoms with Crippen LogP contribution in [0.5, 0.6) is 5.75 Å². The monoisotopic (exact) mass is 350 g/mol. The van der Waals surface area contributed by atoms with Crippen molar-refractivity contribution in [2.24, 2.45) is 0 Å². The summed E-state index contributed by atoms with van der Waals surface area (Å²) < 4.78 is 0.622. The molecule has 1 aliphatic rings. The molecule has 2 rings (SSSR count). The van der Waals surface area contributed by atoms with Gasteiger partial charge in [0.05, 0.1) is 24.5 Å². The van der Waals surface area contributed by atoms with E-state index in [1.807, 2.05) is 0 Å². The molecule has 1 aromatic carbocycles. The molecule has 1 aliphatic heterocycles. The van der Waals surface area contributed by atoms with Gasteiger partial charge in [0.15, 0.2) is 0 Å². The number of thioether (sulfide) groups is 1. The van der Waals surface area contributed by atoms with Crippen molar-refractivity contribution in [2.45, 2.75) is 20.3 Å². The van der Waals surface area contributed by atoms with Gasteiger partial charge in [-0.15, -0.1) is 5.75 Å². The Morgan fingerprint density at radius 1 is 1.26 bits per heavy atom. The standard InChI is InChI=1S/C17H22N2O2S2/c1-3-18(4-2)10-5-11-19-16(21)15(23-17(19)22)12-13-6-8-14(20)9-7-13/h6-9,12,20H,3-5,10-11H2,1-2H3/b15-12-. The SMILES string of the molecule is CC[NH+](CC)CCCN1C(=O)/C(=C/c2ccc([O-])cc2)SC1=S. The van der Waals surface area contributed by atoms with Crippen LogP contribution in [0.4, 0.5) is 0 Å². The maximum absolute atomic E-state index is 12.5.